The van der Waals surface area contributed by atoms with E-state index in [1.807, 2.05) is 18.2 Å². The first-order valence-corrected chi connectivity index (χ1v) is 12.0. The number of aliphatic hydroxyl groups excluding tert-OH is 1. The van der Waals surface area contributed by atoms with Crippen LogP contribution in [0.2, 0.25) is 0 Å². The monoisotopic (exact) mass is 492 g/mol. The summed E-state index contributed by atoms with van der Waals surface area (Å²) in [6, 6.07) is 14.1. The lowest BCUT2D eigenvalue weighted by Crippen LogP contribution is -2.33. The molecule has 0 bridgehead atoms. The molecule has 0 unspecified atom stereocenters. The molecule has 1 aliphatic rings. The summed E-state index contributed by atoms with van der Waals surface area (Å²) >= 11 is 0. The summed E-state index contributed by atoms with van der Waals surface area (Å²) in [5.74, 6) is -2.51. The van der Waals surface area contributed by atoms with Gasteiger partial charge in [-0.3, -0.25) is 4.79 Å². The molecule has 0 aliphatic heterocycles. The largest absolute Gasteiger partial charge is 0.478 e. The van der Waals surface area contributed by atoms with Gasteiger partial charge in [0.1, 0.15) is 0 Å². The summed E-state index contributed by atoms with van der Waals surface area (Å²) < 4.78 is 0. The molecular formula is C28H32N2O6. The quantitative estimate of drug-likeness (QED) is 0.304. The van der Waals surface area contributed by atoms with Gasteiger partial charge >= 0.3 is 11.9 Å². The van der Waals surface area contributed by atoms with Gasteiger partial charge in [0.25, 0.3) is 0 Å². The number of nitrogens with one attached hydrogen (secondary N) is 2. The lowest BCUT2D eigenvalue weighted by molar-refractivity contribution is -0.134. The number of aliphatic hydroxyl groups is 1. The molecular weight excluding hydrogens is 460 g/mol. The molecule has 8 heteroatoms. The zero-order valence-electron chi connectivity index (χ0n) is 20.5. The van der Waals surface area contributed by atoms with E-state index < -0.39 is 18.0 Å². The summed E-state index contributed by atoms with van der Waals surface area (Å²) in [7, 11) is 0. The van der Waals surface area contributed by atoms with Gasteiger partial charge in [-0.15, -0.1) is 0 Å². The molecule has 36 heavy (non-hydrogen) atoms. The summed E-state index contributed by atoms with van der Waals surface area (Å²) in [6.07, 6.45) is 4.69. The number of H-pyrrole nitrogens is 1. The number of hydrogen-bond donors (Lipinski definition) is 5. The maximum atomic E-state index is 11.5. The van der Waals surface area contributed by atoms with E-state index in [4.69, 9.17) is 10.2 Å². The molecule has 2 aromatic carbocycles. The van der Waals surface area contributed by atoms with Crippen molar-refractivity contribution >= 4 is 22.8 Å². The van der Waals surface area contributed by atoms with E-state index in [1.54, 1.807) is 6.07 Å². The average Bonchev–Trinajstić information content (AvgIpc) is 3.26. The minimum Gasteiger partial charge on any atom is -0.478 e. The van der Waals surface area contributed by atoms with Crippen LogP contribution in [0.1, 0.15) is 47.8 Å². The van der Waals surface area contributed by atoms with Crippen LogP contribution in [0.4, 0.5) is 0 Å². The van der Waals surface area contributed by atoms with Gasteiger partial charge in [0.15, 0.2) is 0 Å². The number of carbonyl (C=O) groups is 2. The van der Waals surface area contributed by atoms with Crippen LogP contribution in [-0.2, 0) is 35.3 Å². The number of fused-ring (bicyclic) bond motifs is 2. The summed E-state index contributed by atoms with van der Waals surface area (Å²) in [4.78, 5) is 33.5. The highest BCUT2D eigenvalue weighted by Gasteiger charge is 2.23. The lowest BCUT2D eigenvalue weighted by Gasteiger charge is -2.18. The zero-order chi connectivity index (χ0) is 26.2. The number of rotatable bonds is 8. The molecule has 8 nitrogen and oxygen atoms in total. The molecule has 190 valence electrons. The van der Waals surface area contributed by atoms with Crippen LogP contribution in [0, 0.1) is 0 Å². The van der Waals surface area contributed by atoms with Crippen molar-refractivity contribution in [1.82, 2.24) is 10.3 Å². The molecule has 0 spiro atoms. The number of carboxylic acid groups (broad SMARTS) is 2. The molecule has 0 fully saturated rings. The summed E-state index contributed by atoms with van der Waals surface area (Å²) in [6.45, 7) is 4.94. The van der Waals surface area contributed by atoms with E-state index in [2.05, 4.69) is 36.3 Å². The van der Waals surface area contributed by atoms with Crippen molar-refractivity contribution in [3.05, 3.63) is 92.8 Å². The van der Waals surface area contributed by atoms with Crippen molar-refractivity contribution in [2.24, 2.45) is 0 Å². The van der Waals surface area contributed by atoms with E-state index in [-0.39, 0.29) is 5.56 Å². The molecule has 1 heterocycles. The number of benzene rings is 2. The van der Waals surface area contributed by atoms with Gasteiger partial charge in [-0.05, 0) is 65.6 Å². The third-order valence-electron chi connectivity index (χ3n) is 6.34. The van der Waals surface area contributed by atoms with E-state index in [0.717, 1.165) is 42.1 Å². The number of aromatic nitrogens is 1. The highest BCUT2D eigenvalue weighted by molar-refractivity contribution is 5.89. The number of pyridine rings is 1. The molecule has 1 atom stereocenters. The van der Waals surface area contributed by atoms with Crippen molar-refractivity contribution in [3.8, 4) is 0 Å². The molecule has 0 radical (unpaired) electrons. The van der Waals surface area contributed by atoms with Crippen molar-refractivity contribution in [3.63, 3.8) is 0 Å². The Morgan fingerprint density at radius 2 is 1.58 bits per heavy atom. The molecule has 4 rings (SSSR count). The van der Waals surface area contributed by atoms with Crippen LogP contribution < -0.4 is 10.9 Å². The Bertz CT molecular complexity index is 1280. The van der Waals surface area contributed by atoms with Crippen LogP contribution in [0.25, 0.3) is 10.9 Å². The third-order valence-corrected chi connectivity index (χ3v) is 6.34. The second kappa shape index (κ2) is 12.3. The average molecular weight is 493 g/mol. The van der Waals surface area contributed by atoms with Crippen LogP contribution in [-0.4, -0.2) is 44.8 Å². The predicted octanol–water partition coefficient (Wildman–Crippen LogP) is 3.16. The molecule has 1 aliphatic carbocycles. The van der Waals surface area contributed by atoms with Crippen molar-refractivity contribution < 1.29 is 24.9 Å². The number of hydrogen-bond acceptors (Lipinski definition) is 5. The summed E-state index contributed by atoms with van der Waals surface area (Å²) in [5, 5.41) is 30.9. The number of carboxylic acids is 2. The summed E-state index contributed by atoms with van der Waals surface area (Å²) in [5.41, 5.74) is 7.31. The van der Waals surface area contributed by atoms with Crippen molar-refractivity contribution in [2.45, 2.75) is 51.7 Å². The van der Waals surface area contributed by atoms with E-state index >= 15 is 0 Å². The van der Waals surface area contributed by atoms with Crippen LogP contribution in [0.5, 0.6) is 0 Å². The van der Waals surface area contributed by atoms with Gasteiger partial charge in [0.05, 0.1) is 6.10 Å². The van der Waals surface area contributed by atoms with Crippen LogP contribution in [0.3, 0.4) is 0 Å². The molecule has 5 N–H and O–H groups in total. The topological polar surface area (TPSA) is 140 Å². The van der Waals surface area contributed by atoms with Crippen LogP contribution in [0.15, 0.2) is 59.4 Å². The fourth-order valence-electron chi connectivity index (χ4n) is 4.61. The van der Waals surface area contributed by atoms with Crippen molar-refractivity contribution in [2.75, 3.05) is 6.54 Å². The minimum atomic E-state index is -1.26. The smallest absolute Gasteiger partial charge is 0.328 e. The second-order valence-corrected chi connectivity index (χ2v) is 8.77. The fraction of sp³-hybridized carbons (Fsp3) is 0.321. The predicted molar refractivity (Wildman–Crippen MR) is 138 cm³/mol. The molecule has 0 saturated heterocycles. The normalized spacial score (nSPS) is 13.9. The molecule has 1 aromatic heterocycles. The third kappa shape index (κ3) is 6.90. The fourth-order valence-corrected chi connectivity index (χ4v) is 4.61. The van der Waals surface area contributed by atoms with E-state index in [0.29, 0.717) is 24.7 Å². The zero-order valence-corrected chi connectivity index (χ0v) is 20.5. The second-order valence-electron chi connectivity index (χ2n) is 8.77. The number of aromatic amines is 1. The number of aryl methyl sites for hydroxylation is 2. The van der Waals surface area contributed by atoms with Gasteiger partial charge in [-0.1, -0.05) is 38.1 Å². The molecule has 0 amide bonds. The van der Waals surface area contributed by atoms with E-state index in [1.165, 1.54) is 28.3 Å². The first-order chi connectivity index (χ1) is 17.2. The maximum Gasteiger partial charge on any atom is 0.328 e. The first-order valence-electron chi connectivity index (χ1n) is 12.0. The van der Waals surface area contributed by atoms with Gasteiger partial charge < -0.3 is 25.6 Å². The van der Waals surface area contributed by atoms with Gasteiger partial charge in [0, 0.05) is 41.7 Å². The van der Waals surface area contributed by atoms with Gasteiger partial charge in [-0.25, -0.2) is 9.59 Å². The Hall–Kier alpha value is -3.75. The maximum absolute atomic E-state index is 11.5. The molecule has 0 saturated carbocycles. The van der Waals surface area contributed by atoms with Gasteiger partial charge in [-0.2, -0.15) is 0 Å². The lowest BCUT2D eigenvalue weighted by atomic mass is 9.97. The SMILES string of the molecule is CCc1cc2c(cc1CC)CC(NC[C@H](O)c1cccc3[nH]c(=O)ccc13)C2.O=C(O)/C=C\C(=O)O. The van der Waals surface area contributed by atoms with Crippen LogP contribution >= 0.6 is 0 Å². The Morgan fingerprint density at radius 1 is 1.00 bits per heavy atom. The van der Waals surface area contributed by atoms with E-state index in [9.17, 15) is 19.5 Å². The Balaban J connectivity index is 0.000000392. The van der Waals surface area contributed by atoms with Crippen molar-refractivity contribution in [1.29, 1.82) is 0 Å². The molecule has 3 aromatic rings. The standard InChI is InChI=1S/C24H28N2O2.C4H4O4/c1-3-15-10-17-12-19(13-18(17)11-16(15)4-2)25-14-23(27)21-6-5-7-22-20(21)8-9-24(28)26-22;5-3(6)1-2-4(7)8/h5-11,19,23,25,27H,3-4,12-14H2,1-2H3,(H,26,28);1-2H,(H,5,6)(H,7,8)/b;2-1-/t23-;/m0./s1. The number of aliphatic carboxylic acids is 2. The highest BCUT2D eigenvalue weighted by Crippen LogP contribution is 2.28. The van der Waals surface area contributed by atoms with Gasteiger partial charge in [0.2, 0.25) is 5.56 Å². The first kappa shape index (κ1) is 26.8. The Morgan fingerprint density at radius 3 is 2.11 bits per heavy atom. The highest BCUT2D eigenvalue weighted by atomic mass is 16.4. The Labute approximate surface area is 209 Å². The Kier molecular flexibility index (Phi) is 9.16. The minimum absolute atomic E-state index is 0.126.